The van der Waals surface area contributed by atoms with E-state index in [0.29, 0.717) is 12.8 Å². The number of unbranched alkanes of at least 4 members (excludes halogenated alkanes) is 31. The Morgan fingerprint density at radius 1 is 0.430 bits per heavy atom. The van der Waals surface area contributed by atoms with Gasteiger partial charge in [0.05, 0.1) is 32.0 Å². The second-order valence-corrected chi connectivity index (χ2v) is 24.3. The summed E-state index contributed by atoms with van der Waals surface area (Å²) in [6.07, 6.45) is 61.2. The molecule has 498 valence electrons. The molecule has 12 unspecified atom stereocenters. The van der Waals surface area contributed by atoms with Crippen LogP contribution in [0.3, 0.4) is 0 Å². The minimum atomic E-state index is -1.79. The van der Waals surface area contributed by atoms with Crippen molar-refractivity contribution in [3.63, 3.8) is 0 Å². The van der Waals surface area contributed by atoms with Crippen LogP contribution in [0.4, 0.5) is 0 Å². The number of carbonyl (C=O) groups is 1. The molecule has 2 aliphatic heterocycles. The van der Waals surface area contributed by atoms with Gasteiger partial charge in [0.1, 0.15) is 48.8 Å². The van der Waals surface area contributed by atoms with E-state index in [1.807, 2.05) is 6.08 Å². The Balaban J connectivity index is 1.52. The Labute approximate surface area is 522 Å². The predicted molar refractivity (Wildman–Crippen MR) is 350 cm³/mol. The molecule has 14 heteroatoms. The Kier molecular flexibility index (Phi) is 51.8. The molecule has 12 atom stereocenters. The normalized spacial score (nSPS) is 23.9. The van der Waals surface area contributed by atoms with Crippen LogP contribution in [0.2, 0.25) is 0 Å². The summed E-state index contributed by atoms with van der Waals surface area (Å²) < 4.78 is 22.7. The first-order chi connectivity index (χ1) is 42.1. The van der Waals surface area contributed by atoms with E-state index in [2.05, 4.69) is 92.1 Å². The lowest BCUT2D eigenvalue weighted by atomic mass is 9.97. The number of hydrogen-bond acceptors (Lipinski definition) is 13. The van der Waals surface area contributed by atoms with Crippen LogP contribution in [-0.2, 0) is 23.7 Å². The Hall–Kier alpha value is -2.83. The van der Waals surface area contributed by atoms with E-state index in [-0.39, 0.29) is 18.9 Å². The van der Waals surface area contributed by atoms with Gasteiger partial charge in [-0.05, 0) is 77.0 Å². The zero-order valence-electron chi connectivity index (χ0n) is 54.0. The zero-order valence-corrected chi connectivity index (χ0v) is 54.0. The molecular formula is C72H127NO13. The molecule has 0 aliphatic carbocycles. The summed E-state index contributed by atoms with van der Waals surface area (Å²) in [5.74, 6) is -0.249. The third kappa shape index (κ3) is 40.0. The van der Waals surface area contributed by atoms with Gasteiger partial charge in [-0.25, -0.2) is 0 Å². The summed E-state index contributed by atoms with van der Waals surface area (Å²) in [5.41, 5.74) is 0. The van der Waals surface area contributed by atoms with Gasteiger partial charge in [0.2, 0.25) is 5.91 Å². The number of aliphatic hydroxyl groups excluding tert-OH is 8. The maximum absolute atomic E-state index is 13.3. The first-order valence-electron chi connectivity index (χ1n) is 34.8. The van der Waals surface area contributed by atoms with Gasteiger partial charge in [0.25, 0.3) is 0 Å². The number of allylic oxidation sites excluding steroid dienone is 13. The molecule has 2 fully saturated rings. The van der Waals surface area contributed by atoms with Gasteiger partial charge in [-0.15, -0.1) is 0 Å². The van der Waals surface area contributed by atoms with Crippen molar-refractivity contribution in [1.82, 2.24) is 5.32 Å². The lowest BCUT2D eigenvalue weighted by Crippen LogP contribution is -2.65. The number of rotatable bonds is 56. The lowest BCUT2D eigenvalue weighted by Gasteiger charge is -2.46. The molecule has 2 aliphatic rings. The highest BCUT2D eigenvalue weighted by molar-refractivity contribution is 5.76. The van der Waals surface area contributed by atoms with Crippen LogP contribution in [0.5, 0.6) is 0 Å². The molecule has 0 bridgehead atoms. The van der Waals surface area contributed by atoms with Crippen LogP contribution in [-0.4, -0.2) is 140 Å². The third-order valence-corrected chi connectivity index (χ3v) is 16.6. The van der Waals surface area contributed by atoms with E-state index < -0.39 is 86.8 Å². The highest BCUT2D eigenvalue weighted by atomic mass is 16.7. The average Bonchev–Trinajstić information content (AvgIpc) is 1.60. The molecule has 0 radical (unpaired) electrons. The summed E-state index contributed by atoms with van der Waals surface area (Å²) in [6, 6.07) is -0.931. The molecule has 1 amide bonds. The minimum Gasteiger partial charge on any atom is -0.394 e. The van der Waals surface area contributed by atoms with Gasteiger partial charge in [-0.1, -0.05) is 272 Å². The van der Waals surface area contributed by atoms with Crippen LogP contribution in [0, 0.1) is 0 Å². The smallest absolute Gasteiger partial charge is 0.220 e. The van der Waals surface area contributed by atoms with Gasteiger partial charge < -0.3 is 65.1 Å². The first-order valence-corrected chi connectivity index (χ1v) is 34.8. The van der Waals surface area contributed by atoms with Gasteiger partial charge >= 0.3 is 0 Å². The summed E-state index contributed by atoms with van der Waals surface area (Å²) >= 11 is 0. The van der Waals surface area contributed by atoms with Crippen LogP contribution in [0.15, 0.2) is 85.1 Å². The summed E-state index contributed by atoms with van der Waals surface area (Å²) in [7, 11) is 0. The zero-order chi connectivity index (χ0) is 62.3. The van der Waals surface area contributed by atoms with E-state index >= 15 is 0 Å². The monoisotopic (exact) mass is 1210 g/mol. The van der Waals surface area contributed by atoms with Crippen LogP contribution in [0.1, 0.15) is 271 Å². The van der Waals surface area contributed by atoms with Crippen molar-refractivity contribution >= 4 is 5.91 Å². The highest BCUT2D eigenvalue weighted by Crippen LogP contribution is 2.30. The fraction of sp³-hybridized carbons (Fsp3) is 0.792. The Morgan fingerprint density at radius 2 is 0.814 bits per heavy atom. The standard InChI is InChI=1S/C72H127NO13/c1-3-5-7-9-11-13-15-16-17-18-19-20-21-22-23-24-25-26-27-28-29-30-31-32-33-34-35-36-37-38-39-40-41-42-43-44-46-48-50-52-54-56-64(77)73-60(61(76)55-53-51-49-47-45-14-12-10-8-6-4-2)59-83-71-69(82)67(80)70(63(58-75)85-71)86-72-68(81)66(79)65(78)62(57-74)84-72/h5,7,11,13,16-17,19-20,22-23,45,47,53,55,60-63,65-72,74-76,78-82H,3-4,6,8-10,12,14-15,18,21,24-44,46,48-52,54,56-59H2,1-2H3,(H,73,77)/b7-5-,13-11-,17-16-,20-19-,23-22-,47-45+,55-53+. The summed E-state index contributed by atoms with van der Waals surface area (Å²) in [6.45, 7) is 2.64. The number of hydrogen-bond donors (Lipinski definition) is 9. The molecule has 2 heterocycles. The second kappa shape index (κ2) is 56.2. The van der Waals surface area contributed by atoms with Crippen LogP contribution < -0.4 is 5.32 Å². The molecule has 0 aromatic rings. The molecule has 14 nitrogen and oxygen atoms in total. The predicted octanol–water partition coefficient (Wildman–Crippen LogP) is 14.0. The van der Waals surface area contributed by atoms with Gasteiger partial charge in [-0.3, -0.25) is 4.79 Å². The van der Waals surface area contributed by atoms with Crippen molar-refractivity contribution in [3.8, 4) is 0 Å². The topological polar surface area (TPSA) is 228 Å². The van der Waals surface area contributed by atoms with Gasteiger partial charge in [-0.2, -0.15) is 0 Å². The molecule has 0 saturated carbocycles. The molecule has 0 aromatic carbocycles. The van der Waals surface area contributed by atoms with E-state index in [1.165, 1.54) is 173 Å². The maximum Gasteiger partial charge on any atom is 0.220 e. The Morgan fingerprint density at radius 3 is 1.28 bits per heavy atom. The number of carbonyl (C=O) groups excluding carboxylic acids is 1. The lowest BCUT2D eigenvalue weighted by molar-refractivity contribution is -0.359. The molecule has 86 heavy (non-hydrogen) atoms. The third-order valence-electron chi connectivity index (χ3n) is 16.6. The molecule has 9 N–H and O–H groups in total. The van der Waals surface area contributed by atoms with E-state index in [1.54, 1.807) is 6.08 Å². The van der Waals surface area contributed by atoms with Gasteiger partial charge in [0.15, 0.2) is 12.6 Å². The maximum atomic E-state index is 13.3. The molecule has 0 aromatic heterocycles. The largest absolute Gasteiger partial charge is 0.394 e. The van der Waals surface area contributed by atoms with Crippen LogP contribution >= 0.6 is 0 Å². The fourth-order valence-electron chi connectivity index (χ4n) is 11.0. The fourth-order valence-corrected chi connectivity index (χ4v) is 11.0. The molecular weight excluding hydrogens is 1090 g/mol. The second-order valence-electron chi connectivity index (χ2n) is 24.3. The highest BCUT2D eigenvalue weighted by Gasteiger charge is 2.51. The molecule has 2 rings (SSSR count). The van der Waals surface area contributed by atoms with Gasteiger partial charge in [0, 0.05) is 6.42 Å². The quantitative estimate of drug-likeness (QED) is 0.0204. The summed E-state index contributed by atoms with van der Waals surface area (Å²) in [4.78, 5) is 13.3. The van der Waals surface area contributed by atoms with Crippen molar-refractivity contribution in [3.05, 3.63) is 85.1 Å². The number of amides is 1. The van der Waals surface area contributed by atoms with Crippen LogP contribution in [0.25, 0.3) is 0 Å². The average molecular weight is 1210 g/mol. The van der Waals surface area contributed by atoms with E-state index in [0.717, 1.165) is 64.2 Å². The Bertz CT molecular complexity index is 1770. The van der Waals surface area contributed by atoms with Crippen molar-refractivity contribution < 1.29 is 64.6 Å². The van der Waals surface area contributed by atoms with Crippen molar-refractivity contribution in [2.45, 2.75) is 344 Å². The van der Waals surface area contributed by atoms with Crippen molar-refractivity contribution in [2.24, 2.45) is 0 Å². The number of aliphatic hydroxyl groups is 8. The molecule has 0 spiro atoms. The number of ether oxygens (including phenoxy) is 4. The molecule has 2 saturated heterocycles. The minimum absolute atomic E-state index is 0.249. The van der Waals surface area contributed by atoms with Crippen molar-refractivity contribution in [2.75, 3.05) is 19.8 Å². The van der Waals surface area contributed by atoms with E-state index in [4.69, 9.17) is 18.9 Å². The SMILES string of the molecule is CC/C=C\C/C=C\C/C=C\C/C=C\C/C=C\CCCCCCCCCCCCCCCCCCCCCCCCCCCC(=O)NC(COC1OC(CO)C(OC2OC(CO)C(O)C(O)C2O)C(O)C1O)C(O)/C=C/CC/C=C/CCCCCCC. The first kappa shape index (κ1) is 79.3. The summed E-state index contributed by atoms with van der Waals surface area (Å²) in [5, 5.41) is 87.0. The number of nitrogens with one attached hydrogen (secondary N) is 1. The van der Waals surface area contributed by atoms with E-state index in [9.17, 15) is 45.6 Å². The van der Waals surface area contributed by atoms with Crippen molar-refractivity contribution in [1.29, 1.82) is 0 Å².